The Labute approximate surface area is 178 Å². The van der Waals surface area contributed by atoms with Crippen molar-refractivity contribution in [3.05, 3.63) is 29.3 Å². The molecule has 3 heterocycles. The summed E-state index contributed by atoms with van der Waals surface area (Å²) in [5.74, 6) is -0.264. The number of nitrogens with one attached hydrogen (secondary N) is 1. The number of anilines is 1. The van der Waals surface area contributed by atoms with E-state index in [4.69, 9.17) is 0 Å². The highest BCUT2D eigenvalue weighted by Crippen LogP contribution is 2.34. The maximum absolute atomic E-state index is 12.9. The van der Waals surface area contributed by atoms with Crippen LogP contribution in [0.5, 0.6) is 0 Å². The molecule has 0 aliphatic carbocycles. The number of carbonyl (C=O) groups is 1. The molecule has 1 aromatic carbocycles. The highest BCUT2D eigenvalue weighted by molar-refractivity contribution is 7.92. The molecule has 1 aromatic rings. The van der Waals surface area contributed by atoms with Crippen LogP contribution in [0.2, 0.25) is 0 Å². The van der Waals surface area contributed by atoms with Gasteiger partial charge < -0.3 is 5.32 Å². The summed E-state index contributed by atoms with van der Waals surface area (Å²) in [5.41, 5.74) is 1.85. The molecule has 3 atom stereocenters. The van der Waals surface area contributed by atoms with Crippen molar-refractivity contribution in [3.8, 4) is 0 Å². The Bertz CT molecular complexity index is 1050. The van der Waals surface area contributed by atoms with E-state index < -0.39 is 25.9 Å². The lowest BCUT2D eigenvalue weighted by atomic mass is 10.0. The molecular weight excluding hydrogens is 426 g/mol. The van der Waals surface area contributed by atoms with E-state index in [0.29, 0.717) is 17.7 Å². The standard InChI is InChI=1S/C20H29N3O5S2/c1-14-10-16-11-15(6-7-18(16)23(14)29(2,25)26)20(24)21-17-12-30(27,28)13-19(17)22-8-4-3-5-9-22/h6-7,11,14,17,19H,3-5,8-10,12-13H2,1-2H3,(H,21,24)/t14-,17+,19+/m1/s1. The molecule has 0 unspecified atom stereocenters. The number of likely N-dealkylation sites (tertiary alicyclic amines) is 1. The first-order chi connectivity index (χ1) is 14.0. The number of benzene rings is 1. The number of carbonyl (C=O) groups excluding carboxylic acids is 1. The molecule has 10 heteroatoms. The van der Waals surface area contributed by atoms with E-state index in [1.165, 1.54) is 10.6 Å². The zero-order valence-electron chi connectivity index (χ0n) is 17.4. The highest BCUT2D eigenvalue weighted by Gasteiger charge is 2.42. The topological polar surface area (TPSA) is 104 Å². The van der Waals surface area contributed by atoms with Crippen LogP contribution in [0.4, 0.5) is 5.69 Å². The molecule has 8 nitrogen and oxygen atoms in total. The Morgan fingerprint density at radius 3 is 2.50 bits per heavy atom. The maximum atomic E-state index is 12.9. The molecular formula is C20H29N3O5S2. The maximum Gasteiger partial charge on any atom is 0.251 e. The molecule has 3 aliphatic heterocycles. The molecule has 3 aliphatic rings. The summed E-state index contributed by atoms with van der Waals surface area (Å²) in [6.07, 6.45) is 4.98. The Morgan fingerprint density at radius 2 is 1.83 bits per heavy atom. The van der Waals surface area contributed by atoms with Gasteiger partial charge in [-0.3, -0.25) is 14.0 Å². The van der Waals surface area contributed by atoms with Crippen molar-refractivity contribution >= 4 is 31.5 Å². The molecule has 30 heavy (non-hydrogen) atoms. The van der Waals surface area contributed by atoms with Gasteiger partial charge in [0, 0.05) is 17.6 Å². The Balaban J connectivity index is 1.53. The number of hydrogen-bond acceptors (Lipinski definition) is 6. The van der Waals surface area contributed by atoms with E-state index in [1.54, 1.807) is 18.2 Å². The summed E-state index contributed by atoms with van der Waals surface area (Å²) in [7, 11) is -6.58. The van der Waals surface area contributed by atoms with Gasteiger partial charge in [-0.15, -0.1) is 0 Å². The van der Waals surface area contributed by atoms with Crippen molar-refractivity contribution in [1.82, 2.24) is 10.2 Å². The smallest absolute Gasteiger partial charge is 0.251 e. The fraction of sp³-hybridized carbons (Fsp3) is 0.650. The normalized spacial score (nSPS) is 29.0. The summed E-state index contributed by atoms with van der Waals surface area (Å²) in [4.78, 5) is 15.1. The van der Waals surface area contributed by atoms with Crippen molar-refractivity contribution in [2.24, 2.45) is 0 Å². The number of piperidine rings is 1. The van der Waals surface area contributed by atoms with E-state index in [-0.39, 0.29) is 29.5 Å². The molecule has 0 saturated carbocycles. The van der Waals surface area contributed by atoms with Gasteiger partial charge in [0.25, 0.3) is 5.91 Å². The van der Waals surface area contributed by atoms with E-state index in [2.05, 4.69) is 10.2 Å². The lowest BCUT2D eigenvalue weighted by Crippen LogP contribution is -2.52. The van der Waals surface area contributed by atoms with Crippen LogP contribution < -0.4 is 9.62 Å². The van der Waals surface area contributed by atoms with Crippen LogP contribution in [0.25, 0.3) is 0 Å². The zero-order valence-corrected chi connectivity index (χ0v) is 19.0. The van der Waals surface area contributed by atoms with Crippen LogP contribution in [0, 0.1) is 0 Å². The molecule has 1 N–H and O–H groups in total. The molecule has 0 aromatic heterocycles. The molecule has 2 fully saturated rings. The third-order valence-corrected chi connectivity index (χ3v) is 9.34. The van der Waals surface area contributed by atoms with Crippen LogP contribution in [-0.2, 0) is 26.3 Å². The Hall–Kier alpha value is -1.65. The van der Waals surface area contributed by atoms with Crippen molar-refractivity contribution in [3.63, 3.8) is 0 Å². The van der Waals surface area contributed by atoms with Gasteiger partial charge in [0.05, 0.1) is 29.5 Å². The second kappa shape index (κ2) is 7.80. The van der Waals surface area contributed by atoms with Gasteiger partial charge in [0.15, 0.2) is 9.84 Å². The summed E-state index contributed by atoms with van der Waals surface area (Å²) in [6.45, 7) is 3.57. The first-order valence-corrected chi connectivity index (χ1v) is 14.1. The third-order valence-electron chi connectivity index (χ3n) is 6.35. The van der Waals surface area contributed by atoms with Crippen LogP contribution >= 0.6 is 0 Å². The number of hydrogen-bond donors (Lipinski definition) is 1. The average Bonchev–Trinajstić information content (AvgIpc) is 3.16. The minimum atomic E-state index is -3.39. The molecule has 0 radical (unpaired) electrons. The van der Waals surface area contributed by atoms with Crippen LogP contribution in [-0.4, -0.2) is 76.6 Å². The Kier molecular flexibility index (Phi) is 5.61. The number of sulfone groups is 1. The van der Waals surface area contributed by atoms with Gasteiger partial charge in [0.2, 0.25) is 10.0 Å². The van der Waals surface area contributed by atoms with E-state index in [9.17, 15) is 21.6 Å². The first kappa shape index (κ1) is 21.6. The lowest BCUT2D eigenvalue weighted by molar-refractivity contribution is 0.0900. The van der Waals surface area contributed by atoms with Crippen molar-refractivity contribution < 1.29 is 21.6 Å². The minimum absolute atomic E-state index is 0.0380. The van der Waals surface area contributed by atoms with Gasteiger partial charge in [0.1, 0.15) is 0 Å². The van der Waals surface area contributed by atoms with Gasteiger partial charge in [-0.05, 0) is 63.0 Å². The fourth-order valence-electron chi connectivity index (χ4n) is 5.08. The van der Waals surface area contributed by atoms with Crippen LogP contribution in [0.15, 0.2) is 18.2 Å². The van der Waals surface area contributed by atoms with Gasteiger partial charge >= 0.3 is 0 Å². The van der Waals surface area contributed by atoms with Crippen LogP contribution in [0.1, 0.15) is 42.1 Å². The second-order valence-corrected chi connectivity index (χ2v) is 12.8. The first-order valence-electron chi connectivity index (χ1n) is 10.4. The average molecular weight is 456 g/mol. The van der Waals surface area contributed by atoms with Crippen LogP contribution in [0.3, 0.4) is 0 Å². The number of nitrogens with zero attached hydrogens (tertiary/aromatic N) is 2. The quantitative estimate of drug-likeness (QED) is 0.720. The van der Waals surface area contributed by atoms with E-state index in [0.717, 1.165) is 37.9 Å². The van der Waals surface area contributed by atoms with E-state index >= 15 is 0 Å². The molecule has 0 bridgehead atoms. The summed E-state index contributed by atoms with van der Waals surface area (Å²) >= 11 is 0. The summed E-state index contributed by atoms with van der Waals surface area (Å²) < 4.78 is 50.1. The predicted molar refractivity (Wildman–Crippen MR) is 116 cm³/mol. The highest BCUT2D eigenvalue weighted by atomic mass is 32.2. The molecule has 0 spiro atoms. The molecule has 1 amide bonds. The number of amides is 1. The zero-order chi connectivity index (χ0) is 21.7. The molecule has 2 saturated heterocycles. The second-order valence-electron chi connectivity index (χ2n) is 8.78. The lowest BCUT2D eigenvalue weighted by Gasteiger charge is -2.35. The summed E-state index contributed by atoms with van der Waals surface area (Å²) in [6, 6.07) is 4.20. The summed E-state index contributed by atoms with van der Waals surface area (Å²) in [5, 5.41) is 2.95. The van der Waals surface area contributed by atoms with Crippen molar-refractivity contribution in [2.45, 2.75) is 50.7 Å². The number of fused-ring (bicyclic) bond motifs is 1. The van der Waals surface area contributed by atoms with E-state index in [1.807, 2.05) is 6.92 Å². The molecule has 4 rings (SSSR count). The fourth-order valence-corrected chi connectivity index (χ4v) is 8.29. The predicted octanol–water partition coefficient (Wildman–Crippen LogP) is 0.779. The van der Waals surface area contributed by atoms with Crippen molar-refractivity contribution in [1.29, 1.82) is 0 Å². The SMILES string of the molecule is C[C@@H]1Cc2cc(C(=O)N[C@H]3CS(=O)(=O)C[C@@H]3N3CCCCC3)ccc2N1S(C)(=O)=O. The number of sulfonamides is 1. The number of rotatable bonds is 4. The largest absolute Gasteiger partial charge is 0.347 e. The van der Waals surface area contributed by atoms with Gasteiger partial charge in [-0.2, -0.15) is 0 Å². The van der Waals surface area contributed by atoms with Gasteiger partial charge in [-0.1, -0.05) is 6.42 Å². The Morgan fingerprint density at radius 1 is 1.13 bits per heavy atom. The molecule has 166 valence electrons. The van der Waals surface area contributed by atoms with Gasteiger partial charge in [-0.25, -0.2) is 16.8 Å². The van der Waals surface area contributed by atoms with Crippen molar-refractivity contribution in [2.75, 3.05) is 35.2 Å². The minimum Gasteiger partial charge on any atom is -0.347 e. The third kappa shape index (κ3) is 4.22. The monoisotopic (exact) mass is 455 g/mol.